The molecule has 1 saturated carbocycles. The molecule has 1 aliphatic carbocycles. The molecule has 0 atom stereocenters. The van der Waals surface area contributed by atoms with Gasteiger partial charge in [0.2, 0.25) is 0 Å². The number of halogens is 4. The number of aliphatic hydroxyl groups excluding tert-OH is 1. The van der Waals surface area contributed by atoms with Crippen LogP contribution in [-0.4, -0.2) is 22.3 Å². The lowest BCUT2D eigenvalue weighted by Crippen LogP contribution is -2.27. The molecule has 1 heterocycles. The molecule has 1 aromatic heterocycles. The summed E-state index contributed by atoms with van der Waals surface area (Å²) in [6.45, 7) is 0. The molecule has 148 valence electrons. The number of nitrogen functional groups attached to an aromatic ring is 1. The topological polar surface area (TPSA) is 80.4 Å². The lowest BCUT2D eigenvalue weighted by molar-refractivity contribution is -0.139. The number of nitrogens with zero attached hydrogens (tertiary/aromatic N) is 1. The van der Waals surface area contributed by atoms with E-state index in [1.807, 2.05) is 5.43 Å². The SMILES string of the molecule is Fc1ccccc1.NNc1nccc(OC2CCC(O)CC2)c1C(F)(F)F. The largest absolute Gasteiger partial charge is 0.490 e. The van der Waals surface area contributed by atoms with Gasteiger partial charge in [0.25, 0.3) is 0 Å². The minimum Gasteiger partial charge on any atom is -0.490 e. The van der Waals surface area contributed by atoms with Gasteiger partial charge in [-0.25, -0.2) is 15.2 Å². The van der Waals surface area contributed by atoms with Crippen molar-refractivity contribution in [2.75, 3.05) is 5.43 Å². The number of rotatable bonds is 3. The first kappa shape index (κ1) is 20.9. The normalized spacial score (nSPS) is 19.6. The van der Waals surface area contributed by atoms with E-state index in [-0.39, 0.29) is 17.7 Å². The number of ether oxygens (including phenoxy) is 1. The Morgan fingerprint density at radius 1 is 1.07 bits per heavy atom. The molecule has 1 aliphatic rings. The number of nitrogens with two attached hydrogens (primary N) is 1. The minimum absolute atomic E-state index is 0.178. The van der Waals surface area contributed by atoms with Gasteiger partial charge in [0, 0.05) is 6.20 Å². The average Bonchev–Trinajstić information content (AvgIpc) is 2.63. The Labute approximate surface area is 154 Å². The van der Waals surface area contributed by atoms with Crippen molar-refractivity contribution in [3.05, 3.63) is 54.0 Å². The van der Waals surface area contributed by atoms with Crippen LogP contribution in [0.2, 0.25) is 0 Å². The molecular weight excluding hydrogens is 366 g/mol. The van der Waals surface area contributed by atoms with Gasteiger partial charge in [-0.1, -0.05) is 18.2 Å². The summed E-state index contributed by atoms with van der Waals surface area (Å²) < 4.78 is 56.5. The number of alkyl halides is 3. The van der Waals surface area contributed by atoms with Crippen LogP contribution in [0.25, 0.3) is 0 Å². The second-order valence-corrected chi connectivity index (χ2v) is 6.02. The first-order chi connectivity index (χ1) is 12.8. The average molecular weight is 387 g/mol. The second-order valence-electron chi connectivity index (χ2n) is 6.02. The summed E-state index contributed by atoms with van der Waals surface area (Å²) in [5.74, 6) is 4.13. The Bertz CT molecular complexity index is 705. The molecule has 0 unspecified atom stereocenters. The van der Waals surface area contributed by atoms with E-state index in [1.54, 1.807) is 18.2 Å². The number of anilines is 1. The summed E-state index contributed by atoms with van der Waals surface area (Å²) >= 11 is 0. The van der Waals surface area contributed by atoms with Gasteiger partial charge in [-0.15, -0.1) is 0 Å². The zero-order chi connectivity index (χ0) is 19.9. The number of benzene rings is 1. The predicted octanol–water partition coefficient (Wildman–Crippen LogP) is 3.89. The highest BCUT2D eigenvalue weighted by Crippen LogP contribution is 2.41. The third-order valence-corrected chi connectivity index (χ3v) is 4.00. The highest BCUT2D eigenvalue weighted by atomic mass is 19.4. The quantitative estimate of drug-likeness (QED) is 0.423. The molecule has 2 aromatic rings. The Kier molecular flexibility index (Phi) is 7.37. The van der Waals surface area contributed by atoms with Crippen LogP contribution >= 0.6 is 0 Å². The van der Waals surface area contributed by atoms with E-state index in [2.05, 4.69) is 4.98 Å². The van der Waals surface area contributed by atoms with Gasteiger partial charge >= 0.3 is 6.18 Å². The van der Waals surface area contributed by atoms with E-state index in [0.717, 1.165) is 0 Å². The molecule has 3 rings (SSSR count). The second kappa shape index (κ2) is 9.52. The van der Waals surface area contributed by atoms with Crippen LogP contribution in [0, 0.1) is 5.82 Å². The standard InChI is InChI=1S/C12H16F3N3O2.C6H5F/c13-12(14,15)10-9(5-6-17-11(10)18-16)20-8-3-1-7(19)2-4-8;7-6-4-2-1-3-5-6/h5-8,19H,1-4,16H2,(H,17,18);1-5H. The number of hydrogen-bond donors (Lipinski definition) is 3. The van der Waals surface area contributed by atoms with Crippen LogP contribution in [0.3, 0.4) is 0 Å². The number of hydrazine groups is 1. The summed E-state index contributed by atoms with van der Waals surface area (Å²) in [7, 11) is 0. The van der Waals surface area contributed by atoms with E-state index >= 15 is 0 Å². The number of hydrogen-bond acceptors (Lipinski definition) is 5. The monoisotopic (exact) mass is 387 g/mol. The van der Waals surface area contributed by atoms with Gasteiger partial charge < -0.3 is 15.3 Å². The van der Waals surface area contributed by atoms with E-state index in [9.17, 15) is 22.7 Å². The van der Waals surface area contributed by atoms with Gasteiger partial charge in [0.1, 0.15) is 17.1 Å². The summed E-state index contributed by atoms with van der Waals surface area (Å²) in [6, 6.07) is 9.11. The first-order valence-corrected chi connectivity index (χ1v) is 8.39. The van der Waals surface area contributed by atoms with Gasteiger partial charge in [0.15, 0.2) is 5.82 Å². The molecule has 0 bridgehead atoms. The van der Waals surface area contributed by atoms with Crippen molar-refractivity contribution < 1.29 is 27.4 Å². The van der Waals surface area contributed by atoms with E-state index in [4.69, 9.17) is 10.6 Å². The van der Waals surface area contributed by atoms with E-state index < -0.39 is 23.7 Å². The summed E-state index contributed by atoms with van der Waals surface area (Å²) in [4.78, 5) is 3.55. The Morgan fingerprint density at radius 2 is 1.70 bits per heavy atom. The molecule has 5 nitrogen and oxygen atoms in total. The molecular formula is C18H21F4N3O2. The van der Waals surface area contributed by atoms with Crippen molar-refractivity contribution in [1.29, 1.82) is 0 Å². The smallest absolute Gasteiger partial charge is 0.423 e. The highest BCUT2D eigenvalue weighted by Gasteiger charge is 2.39. The number of nitrogens with one attached hydrogen (secondary N) is 1. The van der Waals surface area contributed by atoms with Crippen LogP contribution in [0.5, 0.6) is 5.75 Å². The molecule has 1 aromatic carbocycles. The van der Waals surface area contributed by atoms with Crippen LogP contribution < -0.4 is 16.0 Å². The van der Waals surface area contributed by atoms with Crippen molar-refractivity contribution in [2.45, 2.75) is 44.1 Å². The molecule has 0 amide bonds. The van der Waals surface area contributed by atoms with Gasteiger partial charge in [0.05, 0.1) is 12.2 Å². The first-order valence-electron chi connectivity index (χ1n) is 8.39. The van der Waals surface area contributed by atoms with Gasteiger partial charge in [-0.2, -0.15) is 13.2 Å². The molecule has 0 radical (unpaired) electrons. The third-order valence-electron chi connectivity index (χ3n) is 4.00. The van der Waals surface area contributed by atoms with Crippen molar-refractivity contribution >= 4 is 5.82 Å². The van der Waals surface area contributed by atoms with E-state index in [0.29, 0.717) is 25.7 Å². The van der Waals surface area contributed by atoms with Crippen LogP contribution in [0.4, 0.5) is 23.4 Å². The molecule has 9 heteroatoms. The fourth-order valence-corrected chi connectivity index (χ4v) is 2.68. The molecule has 0 spiro atoms. The maximum absolute atomic E-state index is 13.1. The molecule has 4 N–H and O–H groups in total. The zero-order valence-electron chi connectivity index (χ0n) is 14.4. The number of pyridine rings is 1. The maximum atomic E-state index is 13.1. The third kappa shape index (κ3) is 6.37. The number of aromatic nitrogens is 1. The molecule has 0 aliphatic heterocycles. The summed E-state index contributed by atoms with van der Waals surface area (Å²) in [6.07, 6.45) is -2.05. The highest BCUT2D eigenvalue weighted by molar-refractivity contribution is 5.52. The van der Waals surface area contributed by atoms with Crippen LogP contribution in [-0.2, 0) is 6.18 Å². The lowest BCUT2D eigenvalue weighted by Gasteiger charge is -2.27. The summed E-state index contributed by atoms with van der Waals surface area (Å²) in [5, 5.41) is 9.39. The fourth-order valence-electron chi connectivity index (χ4n) is 2.68. The fraction of sp³-hybridized carbons (Fsp3) is 0.389. The van der Waals surface area contributed by atoms with Crippen molar-refractivity contribution in [3.8, 4) is 5.75 Å². The Balaban J connectivity index is 0.000000313. The zero-order valence-corrected chi connectivity index (χ0v) is 14.4. The predicted molar refractivity (Wildman–Crippen MR) is 92.3 cm³/mol. The van der Waals surface area contributed by atoms with E-state index in [1.165, 1.54) is 24.4 Å². The lowest BCUT2D eigenvalue weighted by atomic mass is 9.95. The van der Waals surface area contributed by atoms with Crippen molar-refractivity contribution in [2.24, 2.45) is 5.84 Å². The van der Waals surface area contributed by atoms with Crippen LogP contribution in [0.15, 0.2) is 42.6 Å². The maximum Gasteiger partial charge on any atom is 0.423 e. The van der Waals surface area contributed by atoms with Gasteiger partial charge in [-0.05, 0) is 43.9 Å². The van der Waals surface area contributed by atoms with Crippen molar-refractivity contribution in [1.82, 2.24) is 4.98 Å². The molecule has 0 saturated heterocycles. The van der Waals surface area contributed by atoms with Crippen molar-refractivity contribution in [3.63, 3.8) is 0 Å². The Morgan fingerprint density at radius 3 is 2.19 bits per heavy atom. The van der Waals surface area contributed by atoms with Crippen LogP contribution in [0.1, 0.15) is 31.2 Å². The Hall–Kier alpha value is -2.39. The molecule has 27 heavy (non-hydrogen) atoms. The minimum atomic E-state index is -4.61. The summed E-state index contributed by atoms with van der Waals surface area (Å²) in [5.41, 5.74) is 0.930. The number of aliphatic hydroxyl groups is 1. The van der Waals surface area contributed by atoms with Gasteiger partial charge in [-0.3, -0.25) is 0 Å². The molecule has 1 fully saturated rings.